The summed E-state index contributed by atoms with van der Waals surface area (Å²) in [4.78, 5) is 40.8. The van der Waals surface area contributed by atoms with E-state index in [4.69, 9.17) is 52.7 Å². The van der Waals surface area contributed by atoms with E-state index < -0.39 is 0 Å². The summed E-state index contributed by atoms with van der Waals surface area (Å²) in [5.41, 5.74) is 29.3. The molecule has 10 aromatic rings. The van der Waals surface area contributed by atoms with Gasteiger partial charge in [-0.05, 0) is 205 Å². The molecule has 4 aliphatic heterocycles. The van der Waals surface area contributed by atoms with Gasteiger partial charge in [0.2, 0.25) is 0 Å². The normalized spacial score (nSPS) is 11.4. The molecule has 16 bridgehead atoms. The van der Waals surface area contributed by atoms with Gasteiger partial charge >= 0.3 is 39.0 Å². The minimum atomic E-state index is 0. The number of terminal acetylenes is 2. The minimum Gasteiger partial charge on any atom is -0.657 e. The molecule has 0 amide bonds. The fourth-order valence-corrected chi connectivity index (χ4v) is 11.1. The average Bonchev–Trinajstić information content (AvgIpc) is 2.47. The van der Waals surface area contributed by atoms with E-state index in [1.54, 1.807) is 0 Å². The van der Waals surface area contributed by atoms with E-state index in [9.17, 15) is 0 Å². The van der Waals surface area contributed by atoms with E-state index in [1.165, 1.54) is 0 Å². The smallest absolute Gasteiger partial charge is 0.657 e. The van der Waals surface area contributed by atoms with Gasteiger partial charge in [0.25, 0.3) is 0 Å². The second kappa shape index (κ2) is 25.3. The topological polar surface area (TPSA) is 108 Å². The molecule has 8 nitrogen and oxygen atoms in total. The van der Waals surface area contributed by atoms with Crippen LogP contribution in [0, 0.1) is 76.1 Å². The van der Waals surface area contributed by atoms with E-state index >= 15 is 0 Å². The quantitative estimate of drug-likeness (QED) is 0.127. The van der Waals surface area contributed by atoms with Crippen molar-refractivity contribution < 1.29 is 39.0 Å². The van der Waals surface area contributed by atoms with Gasteiger partial charge in [-0.15, -0.1) is 68.8 Å². The third-order valence-electron chi connectivity index (χ3n) is 15.8. The Labute approximate surface area is 537 Å². The molecule has 10 heterocycles. The SMILES string of the molecule is C#Cc1ccc(-c2c3nc(c(C)c4ccc([n-]4)c(-c4ccc(C#C)cc4)c4nc(c(C)c5ccc2[n-]5)C=C4)C=C3)cc1.CC#Cc1ccc(-c2c3nc(c(C)c4ccc([n-]4)c(-c4ccc(C#CC)cc4)c4nc(c(C)c5ccc2[n-]5)C=C4)C=C3)cc1.[Zn+2].[Zn+2]. The number of hydrogen-bond donors (Lipinski definition) is 0. The maximum atomic E-state index is 5.62. The molecule has 0 fully saturated rings. The maximum Gasteiger partial charge on any atom is 2.00 e. The Bertz CT molecular complexity index is 4850. The average molecular weight is 1230 g/mol. The molecular formula is C78H52N8Zn2. The van der Waals surface area contributed by atoms with Gasteiger partial charge in [0.15, 0.2) is 0 Å². The summed E-state index contributed by atoms with van der Waals surface area (Å²) in [5.74, 6) is 17.6. The van der Waals surface area contributed by atoms with Crippen molar-refractivity contribution in [3.8, 4) is 92.9 Å². The van der Waals surface area contributed by atoms with Crippen LogP contribution in [0.3, 0.4) is 0 Å². The van der Waals surface area contributed by atoms with Crippen LogP contribution >= 0.6 is 0 Å². The van der Waals surface area contributed by atoms with Crippen molar-refractivity contribution in [2.75, 3.05) is 0 Å². The molecule has 0 saturated carbocycles. The van der Waals surface area contributed by atoms with Crippen LogP contribution in [-0.4, -0.2) is 19.9 Å². The van der Waals surface area contributed by atoms with Crippen molar-refractivity contribution in [2.24, 2.45) is 0 Å². The molecule has 0 unspecified atom stereocenters. The van der Waals surface area contributed by atoms with E-state index in [0.717, 1.165) is 179 Å². The van der Waals surface area contributed by atoms with Crippen molar-refractivity contribution in [3.05, 3.63) is 236 Å². The largest absolute Gasteiger partial charge is 2.00 e. The number of aryl methyl sites for hydroxylation is 4. The maximum absolute atomic E-state index is 5.62. The Morgan fingerprint density at radius 3 is 0.693 bits per heavy atom. The van der Waals surface area contributed by atoms with Crippen LogP contribution < -0.4 is 19.9 Å². The first-order valence-electron chi connectivity index (χ1n) is 28.2. The van der Waals surface area contributed by atoms with Crippen LogP contribution in [0.25, 0.3) is 137 Å². The van der Waals surface area contributed by atoms with Crippen LogP contribution in [0.1, 0.15) is 104 Å². The van der Waals surface area contributed by atoms with Crippen molar-refractivity contribution >= 4 is 92.7 Å². The second-order valence-corrected chi connectivity index (χ2v) is 21.1. The van der Waals surface area contributed by atoms with Crippen molar-refractivity contribution in [1.29, 1.82) is 0 Å². The fraction of sp³-hybridized carbons (Fsp3) is 0.0769. The third-order valence-corrected chi connectivity index (χ3v) is 15.8. The van der Waals surface area contributed by atoms with Crippen molar-refractivity contribution in [3.63, 3.8) is 0 Å². The molecule has 0 aliphatic carbocycles. The molecule has 0 radical (unpaired) electrons. The zero-order chi connectivity index (χ0) is 59.0. The standard InChI is InChI=1S/C40H28N4.C38H24N4.2Zn/c1-5-7-27-9-13-29(14-10-27)39-35-21-17-31(41-35)25(3)33-19-23-37(43-33)40(30-15-11-28(8-6-2)12-16-30)38-24-20-34(44-38)26(4)32-18-22-36(39)42-32;1-5-25-7-11-27(12-8-25)37-33-19-15-29(39-33)23(3)31-17-21-35(41-31)38(28-13-9-26(6-2)10-14-28)36-22-18-32(42-36)24(4)30-16-20-34(37)40-30;;/h9-24H,1-4H3;1-2,7-22H,3-4H3;;/q2*-2;2*+2. The summed E-state index contributed by atoms with van der Waals surface area (Å²) in [5, 5.41) is 0. The monoisotopic (exact) mass is 1230 g/mol. The Morgan fingerprint density at radius 1 is 0.273 bits per heavy atom. The summed E-state index contributed by atoms with van der Waals surface area (Å²) in [6.45, 7) is 12.0. The van der Waals surface area contributed by atoms with Crippen LogP contribution in [0.15, 0.2) is 146 Å². The molecule has 4 aliphatic rings. The Hall–Kier alpha value is -10.4. The zero-order valence-corrected chi connectivity index (χ0v) is 55.6. The van der Waals surface area contributed by atoms with Gasteiger partial charge in [-0.2, -0.15) is 0 Å². The summed E-state index contributed by atoms with van der Waals surface area (Å²) < 4.78 is 0. The number of fused-ring (bicyclic) bond motifs is 16. The Morgan fingerprint density at radius 2 is 0.477 bits per heavy atom. The number of hydrogen-bond acceptors (Lipinski definition) is 4. The van der Waals surface area contributed by atoms with Gasteiger partial charge in [0, 0.05) is 22.3 Å². The molecule has 0 atom stereocenters. The van der Waals surface area contributed by atoms with Crippen LogP contribution in [0.2, 0.25) is 0 Å². The van der Waals surface area contributed by atoms with E-state index in [0.29, 0.717) is 0 Å². The molecular weight excluding hydrogens is 1180 g/mol. The predicted molar refractivity (Wildman–Crippen MR) is 355 cm³/mol. The molecule has 0 spiro atoms. The predicted octanol–water partition coefficient (Wildman–Crippen LogP) is 16.4. The number of benzene rings is 4. The third kappa shape index (κ3) is 11.4. The molecule has 6 aromatic heterocycles. The minimum absolute atomic E-state index is 0. The van der Waals surface area contributed by atoms with Gasteiger partial charge in [0.05, 0.1) is 45.6 Å². The summed E-state index contributed by atoms with van der Waals surface area (Å²) >= 11 is 0. The van der Waals surface area contributed by atoms with Gasteiger partial charge in [-0.25, -0.2) is 19.9 Å². The molecule has 0 N–H and O–H groups in total. The van der Waals surface area contributed by atoms with Crippen LogP contribution in [-0.2, 0) is 39.0 Å². The Kier molecular flexibility index (Phi) is 17.0. The molecule has 4 aromatic carbocycles. The summed E-state index contributed by atoms with van der Waals surface area (Å²) in [6, 6.07) is 48.9. The molecule has 10 heteroatoms. The first-order valence-corrected chi connectivity index (χ1v) is 28.2. The van der Waals surface area contributed by atoms with E-state index in [1.807, 2.05) is 135 Å². The Balaban J connectivity index is 0.000000178. The summed E-state index contributed by atoms with van der Waals surface area (Å²) in [7, 11) is 0. The van der Waals surface area contributed by atoms with E-state index in [2.05, 4.69) is 136 Å². The van der Waals surface area contributed by atoms with Crippen LogP contribution in [0.4, 0.5) is 0 Å². The molecule has 408 valence electrons. The number of nitrogens with zero attached hydrogens (tertiary/aromatic N) is 8. The van der Waals surface area contributed by atoms with Crippen LogP contribution in [0.5, 0.6) is 0 Å². The van der Waals surface area contributed by atoms with Gasteiger partial charge < -0.3 is 19.9 Å². The molecule has 88 heavy (non-hydrogen) atoms. The first-order chi connectivity index (χ1) is 42.0. The first kappa shape index (κ1) is 59.3. The molecule has 14 rings (SSSR count). The van der Waals surface area contributed by atoms with Gasteiger partial charge in [-0.1, -0.05) is 121 Å². The second-order valence-electron chi connectivity index (χ2n) is 21.1. The zero-order valence-electron chi connectivity index (χ0n) is 49.6. The fourth-order valence-electron chi connectivity index (χ4n) is 11.1. The van der Waals surface area contributed by atoms with Crippen molar-refractivity contribution in [1.82, 2.24) is 39.9 Å². The van der Waals surface area contributed by atoms with Crippen molar-refractivity contribution in [2.45, 2.75) is 41.5 Å². The molecule has 0 saturated heterocycles. The number of aromatic nitrogens is 8. The summed E-state index contributed by atoms with van der Waals surface area (Å²) in [6.07, 6.45) is 27.7. The van der Waals surface area contributed by atoms with E-state index in [-0.39, 0.29) is 39.0 Å². The van der Waals surface area contributed by atoms with Gasteiger partial charge in [0.1, 0.15) is 0 Å². The van der Waals surface area contributed by atoms with Gasteiger partial charge in [-0.3, -0.25) is 0 Å². The number of rotatable bonds is 4.